The summed E-state index contributed by atoms with van der Waals surface area (Å²) in [5, 5.41) is 3.51. The van der Waals surface area contributed by atoms with Gasteiger partial charge in [-0.1, -0.05) is 38.1 Å². The molecule has 0 radical (unpaired) electrons. The summed E-state index contributed by atoms with van der Waals surface area (Å²) in [6.45, 7) is 5.27. The second-order valence-electron chi connectivity index (χ2n) is 3.99. The second kappa shape index (κ2) is 5.94. The van der Waals surface area contributed by atoms with Crippen LogP contribution in [0.3, 0.4) is 0 Å². The molecule has 1 atom stereocenters. The first-order valence-electron chi connectivity index (χ1n) is 6.05. The van der Waals surface area contributed by atoms with Crippen LogP contribution in [0.2, 0.25) is 0 Å². The zero-order chi connectivity index (χ0) is 12.1. The number of thiazole rings is 1. The Morgan fingerprint density at radius 2 is 2.00 bits per heavy atom. The minimum Gasteiger partial charge on any atom is -0.306 e. The maximum atomic E-state index is 4.16. The number of aryl methyl sites for hydroxylation is 1. The van der Waals surface area contributed by atoms with Crippen LogP contribution in [-0.4, -0.2) is 11.5 Å². The Hall–Kier alpha value is -1.19. The molecule has 0 aliphatic carbocycles. The predicted octanol–water partition coefficient (Wildman–Crippen LogP) is 3.40. The third-order valence-electron chi connectivity index (χ3n) is 2.87. The largest absolute Gasteiger partial charge is 0.306 e. The summed E-state index contributed by atoms with van der Waals surface area (Å²) >= 11 is 1.70. The highest BCUT2D eigenvalue weighted by Crippen LogP contribution is 2.25. The van der Waals surface area contributed by atoms with Gasteiger partial charge in [0, 0.05) is 11.1 Å². The van der Waals surface area contributed by atoms with Crippen LogP contribution in [0.25, 0.3) is 0 Å². The minimum atomic E-state index is 0.276. The predicted molar refractivity (Wildman–Crippen MR) is 73.5 cm³/mol. The molecule has 90 valence electrons. The average molecular weight is 246 g/mol. The van der Waals surface area contributed by atoms with Crippen molar-refractivity contribution in [1.82, 2.24) is 10.3 Å². The molecule has 0 aliphatic heterocycles. The standard InChI is InChI=1S/C14H18N2S/c1-3-11-5-7-12(8-6-11)14(16-4-2)13-9-15-10-17-13/h5-10,14,16H,3-4H2,1-2H3. The van der Waals surface area contributed by atoms with E-state index < -0.39 is 0 Å². The third kappa shape index (κ3) is 2.93. The molecule has 1 N–H and O–H groups in total. The van der Waals surface area contributed by atoms with Gasteiger partial charge in [0.05, 0.1) is 11.6 Å². The lowest BCUT2D eigenvalue weighted by molar-refractivity contribution is 0.638. The number of rotatable bonds is 5. The van der Waals surface area contributed by atoms with E-state index in [1.165, 1.54) is 16.0 Å². The molecule has 0 amide bonds. The molecule has 0 bridgehead atoms. The van der Waals surface area contributed by atoms with Crippen molar-refractivity contribution in [1.29, 1.82) is 0 Å². The van der Waals surface area contributed by atoms with Crippen LogP contribution >= 0.6 is 11.3 Å². The number of nitrogens with one attached hydrogen (secondary N) is 1. The lowest BCUT2D eigenvalue weighted by atomic mass is 10.0. The van der Waals surface area contributed by atoms with Crippen molar-refractivity contribution in [2.45, 2.75) is 26.3 Å². The Morgan fingerprint density at radius 1 is 1.24 bits per heavy atom. The highest BCUT2D eigenvalue weighted by molar-refractivity contribution is 7.09. The Morgan fingerprint density at radius 3 is 2.53 bits per heavy atom. The number of nitrogens with zero attached hydrogens (tertiary/aromatic N) is 1. The first-order chi connectivity index (χ1) is 8.35. The van der Waals surface area contributed by atoms with Gasteiger partial charge in [-0.25, -0.2) is 0 Å². The van der Waals surface area contributed by atoms with E-state index in [-0.39, 0.29) is 6.04 Å². The van der Waals surface area contributed by atoms with Crippen molar-refractivity contribution < 1.29 is 0 Å². The Labute approximate surface area is 107 Å². The van der Waals surface area contributed by atoms with Crippen molar-refractivity contribution in [3.63, 3.8) is 0 Å². The Balaban J connectivity index is 2.26. The summed E-state index contributed by atoms with van der Waals surface area (Å²) in [6, 6.07) is 9.12. The molecule has 1 aromatic heterocycles. The van der Waals surface area contributed by atoms with E-state index in [1.807, 2.05) is 11.7 Å². The number of aromatic nitrogens is 1. The lowest BCUT2D eigenvalue weighted by Crippen LogP contribution is -2.21. The van der Waals surface area contributed by atoms with Gasteiger partial charge < -0.3 is 5.32 Å². The molecule has 2 aromatic rings. The van der Waals surface area contributed by atoms with Crippen molar-refractivity contribution in [3.8, 4) is 0 Å². The summed E-state index contributed by atoms with van der Waals surface area (Å²) in [7, 11) is 0. The molecule has 17 heavy (non-hydrogen) atoms. The van der Waals surface area contributed by atoms with Crippen LogP contribution in [0, 0.1) is 0 Å². The first kappa shape index (κ1) is 12.3. The van der Waals surface area contributed by atoms with Crippen molar-refractivity contribution in [2.24, 2.45) is 0 Å². The highest BCUT2D eigenvalue weighted by Gasteiger charge is 2.13. The summed E-state index contributed by atoms with van der Waals surface area (Å²) < 4.78 is 0. The Bertz CT molecular complexity index is 434. The summed E-state index contributed by atoms with van der Waals surface area (Å²) in [4.78, 5) is 5.44. The van der Waals surface area contributed by atoms with Crippen molar-refractivity contribution in [2.75, 3.05) is 6.54 Å². The normalized spacial score (nSPS) is 12.6. The monoisotopic (exact) mass is 246 g/mol. The molecule has 0 saturated carbocycles. The average Bonchev–Trinajstić information content (AvgIpc) is 2.90. The fraction of sp³-hybridized carbons (Fsp3) is 0.357. The van der Waals surface area contributed by atoms with Gasteiger partial charge in [0.2, 0.25) is 0 Å². The van der Waals surface area contributed by atoms with Gasteiger partial charge in [-0.15, -0.1) is 11.3 Å². The molecule has 3 heteroatoms. The van der Waals surface area contributed by atoms with Crippen LogP contribution in [0.1, 0.15) is 35.9 Å². The quantitative estimate of drug-likeness (QED) is 0.874. The van der Waals surface area contributed by atoms with Gasteiger partial charge in [-0.2, -0.15) is 0 Å². The molecular formula is C14H18N2S. The van der Waals surface area contributed by atoms with Gasteiger partial charge in [0.25, 0.3) is 0 Å². The van der Waals surface area contributed by atoms with Gasteiger partial charge in [0.1, 0.15) is 0 Å². The fourth-order valence-corrected chi connectivity index (χ4v) is 2.62. The molecule has 0 aliphatic rings. The summed E-state index contributed by atoms with van der Waals surface area (Å²) in [5.41, 5.74) is 4.58. The topological polar surface area (TPSA) is 24.9 Å². The molecule has 1 aromatic carbocycles. The van der Waals surface area contributed by atoms with Crippen LogP contribution < -0.4 is 5.32 Å². The number of hydrogen-bond acceptors (Lipinski definition) is 3. The molecule has 0 fully saturated rings. The van der Waals surface area contributed by atoms with Crippen LogP contribution in [0.4, 0.5) is 0 Å². The summed E-state index contributed by atoms with van der Waals surface area (Å²) in [5.74, 6) is 0. The van der Waals surface area contributed by atoms with Crippen LogP contribution in [0.15, 0.2) is 36.0 Å². The van der Waals surface area contributed by atoms with Crippen LogP contribution in [-0.2, 0) is 6.42 Å². The minimum absolute atomic E-state index is 0.276. The van der Waals surface area contributed by atoms with Gasteiger partial charge in [-0.3, -0.25) is 4.98 Å². The van der Waals surface area contributed by atoms with E-state index in [9.17, 15) is 0 Å². The van der Waals surface area contributed by atoms with Crippen molar-refractivity contribution in [3.05, 3.63) is 52.0 Å². The lowest BCUT2D eigenvalue weighted by Gasteiger charge is -2.16. The summed E-state index contributed by atoms with van der Waals surface area (Å²) in [6.07, 6.45) is 3.04. The molecule has 2 rings (SSSR count). The van der Waals surface area contributed by atoms with E-state index >= 15 is 0 Å². The van der Waals surface area contributed by atoms with E-state index in [0.717, 1.165) is 13.0 Å². The fourth-order valence-electron chi connectivity index (χ4n) is 1.90. The molecular weight excluding hydrogens is 228 g/mol. The van der Waals surface area contributed by atoms with Gasteiger partial charge >= 0.3 is 0 Å². The molecule has 0 saturated heterocycles. The van der Waals surface area contributed by atoms with Gasteiger partial charge in [0.15, 0.2) is 0 Å². The first-order valence-corrected chi connectivity index (χ1v) is 6.93. The maximum Gasteiger partial charge on any atom is 0.0794 e. The van der Waals surface area contributed by atoms with Gasteiger partial charge in [-0.05, 0) is 24.1 Å². The zero-order valence-electron chi connectivity index (χ0n) is 10.3. The van der Waals surface area contributed by atoms with E-state index in [1.54, 1.807) is 11.3 Å². The third-order valence-corrected chi connectivity index (χ3v) is 3.71. The molecule has 1 heterocycles. The molecule has 2 nitrogen and oxygen atoms in total. The molecule has 1 unspecified atom stereocenters. The zero-order valence-corrected chi connectivity index (χ0v) is 11.1. The van der Waals surface area contributed by atoms with E-state index in [4.69, 9.17) is 0 Å². The Kier molecular flexibility index (Phi) is 4.29. The maximum absolute atomic E-state index is 4.16. The number of benzene rings is 1. The SMILES string of the molecule is CCNC(c1ccc(CC)cc1)c1cncs1. The van der Waals surface area contributed by atoms with Crippen molar-refractivity contribution >= 4 is 11.3 Å². The smallest absolute Gasteiger partial charge is 0.0794 e. The molecule has 0 spiro atoms. The highest BCUT2D eigenvalue weighted by atomic mass is 32.1. The van der Waals surface area contributed by atoms with E-state index in [2.05, 4.69) is 48.4 Å². The van der Waals surface area contributed by atoms with Crippen LogP contribution in [0.5, 0.6) is 0 Å². The van der Waals surface area contributed by atoms with E-state index in [0.29, 0.717) is 0 Å². The second-order valence-corrected chi connectivity index (χ2v) is 4.91. The number of hydrogen-bond donors (Lipinski definition) is 1.